The molecule has 0 amide bonds. The molecule has 0 atom stereocenters. The molecule has 16 heavy (non-hydrogen) atoms. The fourth-order valence-electron chi connectivity index (χ4n) is 1.33. The minimum absolute atomic E-state index is 0.0157. The molecule has 0 aliphatic carbocycles. The first-order valence-corrected chi connectivity index (χ1v) is 5.88. The van der Waals surface area contributed by atoms with Gasteiger partial charge in [0.25, 0.3) is 0 Å². The van der Waals surface area contributed by atoms with Crippen LogP contribution in [0, 0.1) is 3.77 Å². The molecule has 0 saturated carbocycles. The number of rotatable bonds is 3. The number of pyridine rings is 1. The van der Waals surface area contributed by atoms with Crippen LogP contribution in [0.15, 0.2) is 39.7 Å². The van der Waals surface area contributed by atoms with Gasteiger partial charge in [-0.15, -0.1) is 0 Å². The molecule has 2 aromatic rings. The van der Waals surface area contributed by atoms with E-state index in [0.717, 1.165) is 15.2 Å². The molecule has 0 aliphatic heterocycles. The smallest absolute Gasteiger partial charge is 0.250 e. The lowest BCUT2D eigenvalue weighted by Crippen LogP contribution is -2.15. The van der Waals surface area contributed by atoms with Crippen molar-refractivity contribution in [1.82, 2.24) is 4.57 Å². The summed E-state index contributed by atoms with van der Waals surface area (Å²) < 4.78 is 7.82. The first-order chi connectivity index (χ1) is 7.65. The third-order valence-corrected chi connectivity index (χ3v) is 2.76. The van der Waals surface area contributed by atoms with Crippen molar-refractivity contribution in [2.45, 2.75) is 6.54 Å². The van der Waals surface area contributed by atoms with Crippen molar-refractivity contribution in [2.75, 3.05) is 5.32 Å². The summed E-state index contributed by atoms with van der Waals surface area (Å²) in [5.41, 5.74) is 0.881. The Kier molecular flexibility index (Phi) is 3.33. The van der Waals surface area contributed by atoms with Gasteiger partial charge in [0.1, 0.15) is 5.76 Å². The topological polar surface area (TPSA) is 47.2 Å². The Bertz CT molecular complexity index is 545. The van der Waals surface area contributed by atoms with E-state index in [0.29, 0.717) is 6.54 Å². The van der Waals surface area contributed by atoms with Gasteiger partial charge in [0.05, 0.1) is 12.2 Å². The van der Waals surface area contributed by atoms with Crippen LogP contribution in [0.5, 0.6) is 0 Å². The van der Waals surface area contributed by atoms with E-state index < -0.39 is 0 Å². The molecule has 0 aromatic carbocycles. The van der Waals surface area contributed by atoms with E-state index in [1.165, 1.54) is 10.6 Å². The number of halogens is 1. The van der Waals surface area contributed by atoms with Crippen molar-refractivity contribution in [3.63, 3.8) is 0 Å². The Balaban J connectivity index is 2.05. The van der Waals surface area contributed by atoms with E-state index >= 15 is 0 Å². The number of furan rings is 1. The summed E-state index contributed by atoms with van der Waals surface area (Å²) in [5.74, 6) is 0.873. The number of hydrogen-bond donors (Lipinski definition) is 1. The molecule has 0 aliphatic rings. The van der Waals surface area contributed by atoms with E-state index in [1.54, 1.807) is 19.3 Å². The summed E-state index contributed by atoms with van der Waals surface area (Å²) in [6.45, 7) is 0.612. The highest BCUT2D eigenvalue weighted by molar-refractivity contribution is 14.1. The average molecular weight is 330 g/mol. The summed E-state index contributed by atoms with van der Waals surface area (Å²) in [6, 6.07) is 7.14. The zero-order chi connectivity index (χ0) is 11.5. The molecule has 0 saturated heterocycles. The van der Waals surface area contributed by atoms with Crippen molar-refractivity contribution in [3.05, 3.63) is 50.3 Å². The molecule has 0 radical (unpaired) electrons. The molecule has 5 heteroatoms. The van der Waals surface area contributed by atoms with Gasteiger partial charge in [-0.25, -0.2) is 0 Å². The Morgan fingerprint density at radius 1 is 1.38 bits per heavy atom. The lowest BCUT2D eigenvalue weighted by molar-refractivity contribution is 0.493. The van der Waals surface area contributed by atoms with Crippen molar-refractivity contribution < 1.29 is 4.42 Å². The molecule has 1 N–H and O–H groups in total. The van der Waals surface area contributed by atoms with Crippen molar-refractivity contribution in [2.24, 2.45) is 7.05 Å². The second-order valence-corrected chi connectivity index (χ2v) is 4.49. The monoisotopic (exact) mass is 330 g/mol. The molecule has 0 bridgehead atoms. The van der Waals surface area contributed by atoms with E-state index in [9.17, 15) is 4.79 Å². The highest BCUT2D eigenvalue weighted by Gasteiger charge is 1.99. The van der Waals surface area contributed by atoms with Gasteiger partial charge >= 0.3 is 0 Å². The van der Waals surface area contributed by atoms with Gasteiger partial charge in [-0.3, -0.25) is 4.79 Å². The Morgan fingerprint density at radius 2 is 2.19 bits per heavy atom. The van der Waals surface area contributed by atoms with Crippen LogP contribution in [-0.4, -0.2) is 4.57 Å². The van der Waals surface area contributed by atoms with Crippen LogP contribution in [0.25, 0.3) is 0 Å². The van der Waals surface area contributed by atoms with Crippen LogP contribution >= 0.6 is 22.6 Å². The molecule has 0 fully saturated rings. The molecule has 0 unspecified atom stereocenters. The minimum Gasteiger partial charge on any atom is -0.454 e. The van der Waals surface area contributed by atoms with Gasteiger partial charge in [0.2, 0.25) is 5.56 Å². The lowest BCUT2D eigenvalue weighted by Gasteiger charge is -2.05. The molecule has 84 valence electrons. The van der Waals surface area contributed by atoms with E-state index in [4.69, 9.17) is 4.42 Å². The zero-order valence-electron chi connectivity index (χ0n) is 8.74. The molecule has 2 aromatic heterocycles. The maximum Gasteiger partial charge on any atom is 0.250 e. The third kappa shape index (κ3) is 2.66. The van der Waals surface area contributed by atoms with Crippen molar-refractivity contribution >= 4 is 28.3 Å². The van der Waals surface area contributed by atoms with Crippen molar-refractivity contribution in [3.8, 4) is 0 Å². The second-order valence-electron chi connectivity index (χ2n) is 3.43. The standard InChI is InChI=1S/C11H11IN2O2/c1-14-7-8(2-5-11(14)15)13-6-9-3-4-10(12)16-9/h2-5,7,13H,6H2,1H3. The second kappa shape index (κ2) is 4.73. The van der Waals surface area contributed by atoms with E-state index in [-0.39, 0.29) is 5.56 Å². The molecule has 0 spiro atoms. The number of aryl methyl sites for hydroxylation is 1. The molecular weight excluding hydrogens is 319 g/mol. The highest BCUT2D eigenvalue weighted by Crippen LogP contribution is 2.12. The van der Waals surface area contributed by atoms with Gasteiger partial charge < -0.3 is 14.3 Å². The Labute approximate surface area is 106 Å². The van der Waals surface area contributed by atoms with Gasteiger partial charge in [0, 0.05) is 19.3 Å². The Morgan fingerprint density at radius 3 is 2.81 bits per heavy atom. The van der Waals surface area contributed by atoms with Gasteiger partial charge in [-0.2, -0.15) is 0 Å². The number of nitrogens with one attached hydrogen (secondary N) is 1. The fourth-order valence-corrected chi connectivity index (χ4v) is 1.80. The first kappa shape index (κ1) is 11.3. The van der Waals surface area contributed by atoms with Crippen LogP contribution in [-0.2, 0) is 13.6 Å². The van der Waals surface area contributed by atoms with Crippen molar-refractivity contribution in [1.29, 1.82) is 0 Å². The predicted molar refractivity (Wildman–Crippen MR) is 70.4 cm³/mol. The largest absolute Gasteiger partial charge is 0.454 e. The van der Waals surface area contributed by atoms with Gasteiger partial charge in [0.15, 0.2) is 3.77 Å². The maximum absolute atomic E-state index is 11.2. The molecule has 4 nitrogen and oxygen atoms in total. The van der Waals surface area contributed by atoms with Gasteiger partial charge in [-0.05, 0) is 40.8 Å². The van der Waals surface area contributed by atoms with Crippen LogP contribution < -0.4 is 10.9 Å². The third-order valence-electron chi connectivity index (χ3n) is 2.18. The summed E-state index contributed by atoms with van der Waals surface area (Å²) in [5, 5.41) is 3.19. The summed E-state index contributed by atoms with van der Waals surface area (Å²) in [4.78, 5) is 11.2. The van der Waals surface area contributed by atoms with Gasteiger partial charge in [-0.1, -0.05) is 0 Å². The highest BCUT2D eigenvalue weighted by atomic mass is 127. The number of anilines is 1. The van der Waals surface area contributed by atoms with Crippen LogP contribution in [0.2, 0.25) is 0 Å². The molecular formula is C11H11IN2O2. The maximum atomic E-state index is 11.2. The fraction of sp³-hybridized carbons (Fsp3) is 0.182. The average Bonchev–Trinajstić information content (AvgIpc) is 2.66. The number of hydrogen-bond acceptors (Lipinski definition) is 3. The summed E-state index contributed by atoms with van der Waals surface area (Å²) >= 11 is 2.12. The minimum atomic E-state index is -0.0157. The van der Waals surface area contributed by atoms with E-state index in [1.807, 2.05) is 12.1 Å². The zero-order valence-corrected chi connectivity index (χ0v) is 10.9. The summed E-state index contributed by atoms with van der Waals surface area (Å²) in [6.07, 6.45) is 1.76. The normalized spacial score (nSPS) is 10.4. The SMILES string of the molecule is Cn1cc(NCc2ccc(I)o2)ccc1=O. The van der Waals surface area contributed by atoms with Crippen LogP contribution in [0.3, 0.4) is 0 Å². The number of nitrogens with zero attached hydrogens (tertiary/aromatic N) is 1. The van der Waals surface area contributed by atoms with Crippen LogP contribution in [0.4, 0.5) is 5.69 Å². The molecule has 2 heterocycles. The summed E-state index contributed by atoms with van der Waals surface area (Å²) in [7, 11) is 1.73. The molecule has 2 rings (SSSR count). The lowest BCUT2D eigenvalue weighted by atomic mass is 10.4. The van der Waals surface area contributed by atoms with E-state index in [2.05, 4.69) is 27.9 Å². The predicted octanol–water partition coefficient (Wildman–Crippen LogP) is 2.19. The van der Waals surface area contributed by atoms with Crippen LogP contribution in [0.1, 0.15) is 5.76 Å². The Hall–Kier alpha value is -1.24. The number of aromatic nitrogens is 1. The quantitative estimate of drug-likeness (QED) is 0.878. The first-order valence-electron chi connectivity index (χ1n) is 4.80.